The van der Waals surface area contributed by atoms with Gasteiger partial charge in [0, 0.05) is 27.9 Å². The second-order valence-electron chi connectivity index (χ2n) is 6.31. The molecule has 0 saturated heterocycles. The molecule has 5 nitrogen and oxygen atoms in total. The Morgan fingerprint density at radius 3 is 2.40 bits per heavy atom. The highest BCUT2D eigenvalue weighted by molar-refractivity contribution is 6.17. The molecule has 0 radical (unpaired) electrons. The van der Waals surface area contributed by atoms with Crippen LogP contribution in [0.5, 0.6) is 23.0 Å². The van der Waals surface area contributed by atoms with E-state index in [2.05, 4.69) is 25.1 Å². The van der Waals surface area contributed by atoms with E-state index in [0.717, 1.165) is 61.0 Å². The van der Waals surface area contributed by atoms with Gasteiger partial charge in [-0.1, -0.05) is 12.1 Å². The Kier molecular flexibility index (Phi) is 2.33. The van der Waals surface area contributed by atoms with Crippen molar-refractivity contribution in [1.29, 1.82) is 0 Å². The molecule has 3 aromatic carbocycles. The van der Waals surface area contributed by atoms with Crippen LogP contribution in [-0.2, 0) is 0 Å². The number of hydrogen-bond acceptors (Lipinski definition) is 5. The smallest absolute Gasteiger partial charge is 0.231 e. The quantitative estimate of drug-likeness (QED) is 0.450. The molecule has 122 valence electrons. The lowest BCUT2D eigenvalue weighted by atomic mass is 9.98. The van der Waals surface area contributed by atoms with Gasteiger partial charge in [-0.05, 0) is 35.9 Å². The van der Waals surface area contributed by atoms with E-state index in [-0.39, 0.29) is 13.6 Å². The molecule has 0 bridgehead atoms. The van der Waals surface area contributed by atoms with Gasteiger partial charge in [0.25, 0.3) is 0 Å². The second-order valence-corrected chi connectivity index (χ2v) is 6.31. The lowest BCUT2D eigenvalue weighted by Crippen LogP contribution is -1.93. The first-order valence-corrected chi connectivity index (χ1v) is 8.14. The van der Waals surface area contributed by atoms with Gasteiger partial charge in [0.2, 0.25) is 13.6 Å². The number of aryl methyl sites for hydroxylation is 1. The first-order chi connectivity index (χ1) is 12.3. The van der Waals surface area contributed by atoms with E-state index in [1.807, 2.05) is 18.3 Å². The highest BCUT2D eigenvalue weighted by Crippen LogP contribution is 2.45. The minimum atomic E-state index is 0.257. The molecule has 0 spiro atoms. The number of pyridine rings is 1. The molecule has 2 aliphatic rings. The predicted octanol–water partition coefficient (Wildman–Crippen LogP) is 4.31. The lowest BCUT2D eigenvalue weighted by molar-refractivity contribution is 0.173. The molecule has 5 heteroatoms. The summed E-state index contributed by atoms with van der Waals surface area (Å²) < 4.78 is 22.3. The van der Waals surface area contributed by atoms with Crippen molar-refractivity contribution in [3.8, 4) is 23.0 Å². The van der Waals surface area contributed by atoms with E-state index in [1.165, 1.54) is 0 Å². The maximum atomic E-state index is 5.63. The first kappa shape index (κ1) is 13.1. The normalized spacial score (nSPS) is 14.8. The average Bonchev–Trinajstić information content (AvgIpc) is 3.30. The largest absolute Gasteiger partial charge is 0.454 e. The van der Waals surface area contributed by atoms with Gasteiger partial charge in [0.15, 0.2) is 23.0 Å². The van der Waals surface area contributed by atoms with Crippen LogP contribution in [0.25, 0.3) is 32.4 Å². The summed E-state index contributed by atoms with van der Waals surface area (Å²) in [6.45, 7) is 2.58. The van der Waals surface area contributed by atoms with Crippen LogP contribution in [0.15, 0.2) is 36.5 Å². The second kappa shape index (κ2) is 4.45. The molecule has 3 heterocycles. The van der Waals surface area contributed by atoms with Crippen molar-refractivity contribution < 1.29 is 18.9 Å². The maximum Gasteiger partial charge on any atom is 0.231 e. The molecule has 0 fully saturated rings. The Morgan fingerprint density at radius 1 is 0.720 bits per heavy atom. The van der Waals surface area contributed by atoms with Gasteiger partial charge in [-0.2, -0.15) is 0 Å². The Bertz CT molecular complexity index is 1220. The summed E-state index contributed by atoms with van der Waals surface area (Å²) in [4.78, 5) is 4.75. The zero-order valence-corrected chi connectivity index (χ0v) is 13.5. The van der Waals surface area contributed by atoms with Crippen LogP contribution in [0, 0.1) is 6.92 Å². The van der Waals surface area contributed by atoms with Gasteiger partial charge >= 0.3 is 0 Å². The van der Waals surface area contributed by atoms with Gasteiger partial charge in [-0.3, -0.25) is 4.98 Å². The number of nitrogens with zero attached hydrogens (tertiary/aromatic N) is 1. The van der Waals surface area contributed by atoms with Crippen molar-refractivity contribution >= 4 is 32.4 Å². The fourth-order valence-corrected chi connectivity index (χ4v) is 3.87. The van der Waals surface area contributed by atoms with Gasteiger partial charge < -0.3 is 18.9 Å². The molecule has 1 aromatic heterocycles. The Morgan fingerprint density at radius 2 is 1.48 bits per heavy atom. The number of ether oxygens (including phenoxy) is 4. The van der Waals surface area contributed by atoms with Crippen LogP contribution in [-0.4, -0.2) is 18.6 Å². The predicted molar refractivity (Wildman–Crippen MR) is 93.7 cm³/mol. The Hall–Kier alpha value is -3.21. The van der Waals surface area contributed by atoms with E-state index in [9.17, 15) is 0 Å². The highest BCUT2D eigenvalue weighted by Gasteiger charge is 2.22. The molecule has 0 amide bonds. The third-order valence-corrected chi connectivity index (χ3v) is 5.07. The van der Waals surface area contributed by atoms with Gasteiger partial charge in [-0.25, -0.2) is 0 Å². The number of aromatic nitrogens is 1. The van der Waals surface area contributed by atoms with Crippen LogP contribution in [0.3, 0.4) is 0 Å². The van der Waals surface area contributed by atoms with Gasteiger partial charge in [-0.15, -0.1) is 0 Å². The molecule has 2 aliphatic heterocycles. The van der Waals surface area contributed by atoms with Crippen molar-refractivity contribution in [2.24, 2.45) is 0 Å². The van der Waals surface area contributed by atoms with Crippen molar-refractivity contribution in [2.45, 2.75) is 6.92 Å². The van der Waals surface area contributed by atoms with Crippen molar-refractivity contribution in [3.63, 3.8) is 0 Å². The summed E-state index contributed by atoms with van der Waals surface area (Å²) in [5.41, 5.74) is 2.03. The van der Waals surface area contributed by atoms with E-state index >= 15 is 0 Å². The topological polar surface area (TPSA) is 49.8 Å². The molecule has 0 saturated carbocycles. The third-order valence-electron chi connectivity index (χ3n) is 5.07. The van der Waals surface area contributed by atoms with E-state index in [0.29, 0.717) is 0 Å². The minimum absolute atomic E-state index is 0.257. The molecule has 0 atom stereocenters. The minimum Gasteiger partial charge on any atom is -0.454 e. The number of fused-ring (bicyclic) bond motifs is 8. The molecule has 25 heavy (non-hydrogen) atoms. The summed E-state index contributed by atoms with van der Waals surface area (Å²) in [6.07, 6.45) is 1.87. The molecular weight excluding hydrogens is 318 g/mol. The summed E-state index contributed by atoms with van der Waals surface area (Å²) >= 11 is 0. The number of rotatable bonds is 0. The highest BCUT2D eigenvalue weighted by atomic mass is 16.7. The zero-order valence-electron chi connectivity index (χ0n) is 13.5. The zero-order chi connectivity index (χ0) is 16.5. The molecule has 6 rings (SSSR count). The van der Waals surface area contributed by atoms with Crippen LogP contribution in [0.1, 0.15) is 5.56 Å². The number of benzene rings is 3. The van der Waals surface area contributed by atoms with Gasteiger partial charge in [0.05, 0.1) is 5.52 Å². The standard InChI is InChI=1S/C20H13NO4/c1-10-11-2-3-13-12-4-5-16-20(25-8-22-16)15(12)7-21-18(13)14(11)6-17-19(10)24-9-23-17/h2-7H,8-9H2,1H3. The van der Waals surface area contributed by atoms with Crippen LogP contribution < -0.4 is 18.9 Å². The fraction of sp³-hybridized carbons (Fsp3) is 0.150. The van der Waals surface area contributed by atoms with Crippen molar-refractivity contribution in [3.05, 3.63) is 42.1 Å². The van der Waals surface area contributed by atoms with Crippen LogP contribution in [0.2, 0.25) is 0 Å². The van der Waals surface area contributed by atoms with Crippen LogP contribution in [0.4, 0.5) is 0 Å². The molecule has 0 N–H and O–H groups in total. The third kappa shape index (κ3) is 1.60. The lowest BCUT2D eigenvalue weighted by Gasteiger charge is -2.11. The molecule has 0 aliphatic carbocycles. The Labute approximate surface area is 142 Å². The van der Waals surface area contributed by atoms with E-state index < -0.39 is 0 Å². The average molecular weight is 331 g/mol. The fourth-order valence-electron chi connectivity index (χ4n) is 3.87. The summed E-state index contributed by atoms with van der Waals surface area (Å²) in [5.74, 6) is 3.16. The summed E-state index contributed by atoms with van der Waals surface area (Å²) in [7, 11) is 0. The monoisotopic (exact) mass is 331 g/mol. The SMILES string of the molecule is Cc1c2c(cc3c1ccc1c4ccc5c(c4cnc31)OCO5)OCO2. The van der Waals surface area contributed by atoms with Crippen molar-refractivity contribution in [2.75, 3.05) is 13.6 Å². The molecule has 0 unspecified atom stereocenters. The van der Waals surface area contributed by atoms with E-state index in [4.69, 9.17) is 23.9 Å². The van der Waals surface area contributed by atoms with Crippen molar-refractivity contribution in [1.82, 2.24) is 4.98 Å². The van der Waals surface area contributed by atoms with E-state index in [1.54, 1.807) is 0 Å². The first-order valence-electron chi connectivity index (χ1n) is 8.14. The summed E-state index contributed by atoms with van der Waals surface area (Å²) in [6, 6.07) is 10.3. The number of hydrogen-bond donors (Lipinski definition) is 0. The van der Waals surface area contributed by atoms with Crippen LogP contribution >= 0.6 is 0 Å². The molecular formula is C20H13NO4. The maximum absolute atomic E-state index is 5.63. The Balaban J connectivity index is 1.77. The molecule has 4 aromatic rings. The van der Waals surface area contributed by atoms with Gasteiger partial charge in [0.1, 0.15) is 0 Å². The summed E-state index contributed by atoms with van der Waals surface area (Å²) in [5, 5.41) is 5.36.